The third-order valence-electron chi connectivity index (χ3n) is 3.90. The second kappa shape index (κ2) is 11.2. The average molecular weight is 479 g/mol. The fourth-order valence-electron chi connectivity index (χ4n) is 2.55. The highest BCUT2D eigenvalue weighted by Gasteiger charge is 2.11. The zero-order chi connectivity index (χ0) is 22.2. The van der Waals surface area contributed by atoms with E-state index in [4.69, 9.17) is 18.9 Å². The van der Waals surface area contributed by atoms with Crippen LogP contribution in [0.2, 0.25) is 19.6 Å². The van der Waals surface area contributed by atoms with Crippen molar-refractivity contribution >= 4 is 24.0 Å². The zero-order valence-electron chi connectivity index (χ0n) is 18.8. The Balaban J connectivity index is 0.000000308. The van der Waals surface area contributed by atoms with Crippen molar-refractivity contribution in [3.63, 3.8) is 0 Å². The van der Waals surface area contributed by atoms with Crippen LogP contribution in [-0.4, -0.2) is 36.5 Å². The first-order valence-corrected chi connectivity index (χ1v) is 13.5. The topological polar surface area (TPSA) is 36.9 Å². The molecule has 0 aliphatic heterocycles. The Morgan fingerprint density at radius 2 is 1.21 bits per heavy atom. The Morgan fingerprint density at radius 3 is 1.62 bits per heavy atom. The Bertz CT molecular complexity index is 869. The maximum atomic E-state index is 5.40. The molecule has 0 aromatic heterocycles. The van der Waals surface area contributed by atoms with E-state index in [0.717, 1.165) is 44.2 Å². The van der Waals surface area contributed by atoms with Crippen molar-refractivity contribution in [2.24, 2.45) is 0 Å². The SMILES string of the molecule is COc1cc(C)c(OC)c(Br)c1.COc1cc(C)c(OC)c(C#C[Si](C)(C)C)c1. The quantitative estimate of drug-likeness (QED) is 0.397. The molecule has 6 heteroatoms. The van der Waals surface area contributed by atoms with Crippen LogP contribution in [0.25, 0.3) is 0 Å². The molecule has 0 unspecified atom stereocenters. The van der Waals surface area contributed by atoms with E-state index in [-0.39, 0.29) is 0 Å². The standard InChI is InChI=1S/C14H20O2Si.C9H11BrO2/c1-11-9-13(15-2)10-12(14(11)16-3)7-8-17(4,5)6;1-6-4-7(11-2)5-8(10)9(6)12-3/h9-10H,1-6H3;4-5H,1-3H3. The van der Waals surface area contributed by atoms with Crippen molar-refractivity contribution in [1.82, 2.24) is 0 Å². The largest absolute Gasteiger partial charge is 0.497 e. The lowest BCUT2D eigenvalue weighted by Crippen LogP contribution is -2.16. The summed E-state index contributed by atoms with van der Waals surface area (Å²) < 4.78 is 21.8. The van der Waals surface area contributed by atoms with Gasteiger partial charge in [0.15, 0.2) is 0 Å². The number of methoxy groups -OCH3 is 4. The monoisotopic (exact) mass is 478 g/mol. The minimum Gasteiger partial charge on any atom is -0.497 e. The van der Waals surface area contributed by atoms with Gasteiger partial charge in [0.25, 0.3) is 0 Å². The number of rotatable bonds is 4. The molecule has 158 valence electrons. The van der Waals surface area contributed by atoms with E-state index in [1.54, 1.807) is 28.4 Å². The van der Waals surface area contributed by atoms with Crippen LogP contribution >= 0.6 is 15.9 Å². The van der Waals surface area contributed by atoms with Gasteiger partial charge in [0.2, 0.25) is 0 Å². The van der Waals surface area contributed by atoms with Crippen molar-refractivity contribution in [1.29, 1.82) is 0 Å². The minimum atomic E-state index is -1.38. The van der Waals surface area contributed by atoms with Crippen LogP contribution in [0.3, 0.4) is 0 Å². The maximum absolute atomic E-state index is 5.40. The lowest BCUT2D eigenvalue weighted by atomic mass is 10.1. The summed E-state index contributed by atoms with van der Waals surface area (Å²) >= 11 is 3.39. The molecule has 0 amide bonds. The number of hydrogen-bond acceptors (Lipinski definition) is 4. The molecule has 0 bridgehead atoms. The molecule has 0 radical (unpaired) electrons. The zero-order valence-corrected chi connectivity index (χ0v) is 21.4. The second-order valence-electron chi connectivity index (χ2n) is 7.48. The summed E-state index contributed by atoms with van der Waals surface area (Å²) in [6.45, 7) is 10.6. The lowest BCUT2D eigenvalue weighted by Gasteiger charge is -2.10. The molecule has 0 N–H and O–H groups in total. The molecule has 0 atom stereocenters. The van der Waals surface area contributed by atoms with Gasteiger partial charge < -0.3 is 18.9 Å². The fourth-order valence-corrected chi connectivity index (χ4v) is 3.76. The summed E-state index contributed by atoms with van der Waals surface area (Å²) in [7, 11) is 5.26. The van der Waals surface area contributed by atoms with Crippen molar-refractivity contribution in [3.05, 3.63) is 45.4 Å². The summed E-state index contributed by atoms with van der Waals surface area (Å²) in [5, 5.41) is 0. The van der Waals surface area contributed by atoms with Crippen molar-refractivity contribution in [2.45, 2.75) is 33.5 Å². The summed E-state index contributed by atoms with van der Waals surface area (Å²) in [5.74, 6) is 6.58. The van der Waals surface area contributed by atoms with E-state index in [9.17, 15) is 0 Å². The van der Waals surface area contributed by atoms with Gasteiger partial charge in [-0.25, -0.2) is 0 Å². The molecule has 2 rings (SSSR count). The third kappa shape index (κ3) is 7.67. The van der Waals surface area contributed by atoms with Gasteiger partial charge in [-0.05, 0) is 65.2 Å². The predicted molar refractivity (Wildman–Crippen MR) is 126 cm³/mol. The van der Waals surface area contributed by atoms with Gasteiger partial charge in [0.1, 0.15) is 31.1 Å². The normalized spacial score (nSPS) is 10.1. The van der Waals surface area contributed by atoms with Crippen molar-refractivity contribution in [2.75, 3.05) is 28.4 Å². The minimum absolute atomic E-state index is 0.822. The highest BCUT2D eigenvalue weighted by atomic mass is 79.9. The molecule has 0 saturated carbocycles. The smallest absolute Gasteiger partial charge is 0.137 e. The summed E-state index contributed by atoms with van der Waals surface area (Å²) in [4.78, 5) is 0. The molecule has 0 heterocycles. The summed E-state index contributed by atoms with van der Waals surface area (Å²) in [5.41, 5.74) is 6.36. The highest BCUT2D eigenvalue weighted by molar-refractivity contribution is 9.10. The Kier molecular flexibility index (Phi) is 9.61. The summed E-state index contributed by atoms with van der Waals surface area (Å²) in [6.07, 6.45) is 0. The van der Waals surface area contributed by atoms with E-state index in [2.05, 4.69) is 47.0 Å². The third-order valence-corrected chi connectivity index (χ3v) is 5.37. The van der Waals surface area contributed by atoms with E-state index >= 15 is 0 Å². The molecular weight excluding hydrogens is 448 g/mol. The number of halogens is 1. The Morgan fingerprint density at radius 1 is 0.724 bits per heavy atom. The number of aryl methyl sites for hydroxylation is 2. The molecule has 2 aromatic carbocycles. The summed E-state index contributed by atoms with van der Waals surface area (Å²) in [6, 6.07) is 7.70. The first-order chi connectivity index (χ1) is 13.6. The van der Waals surface area contributed by atoms with Gasteiger partial charge in [-0.3, -0.25) is 0 Å². The highest BCUT2D eigenvalue weighted by Crippen LogP contribution is 2.32. The molecule has 2 aromatic rings. The predicted octanol–water partition coefficient (Wildman–Crippen LogP) is 6.02. The van der Waals surface area contributed by atoms with Crippen LogP contribution < -0.4 is 18.9 Å². The molecule has 0 fully saturated rings. The van der Waals surface area contributed by atoms with Crippen LogP contribution in [0.15, 0.2) is 28.7 Å². The molecule has 0 aliphatic carbocycles. The van der Waals surface area contributed by atoms with Crippen molar-refractivity contribution < 1.29 is 18.9 Å². The molecule has 4 nitrogen and oxygen atoms in total. The van der Waals surface area contributed by atoms with Gasteiger partial charge in [-0.1, -0.05) is 25.6 Å². The molecular formula is C23H31BrO4Si. The van der Waals surface area contributed by atoms with Crippen molar-refractivity contribution in [3.8, 4) is 34.5 Å². The number of hydrogen-bond donors (Lipinski definition) is 0. The first-order valence-electron chi connectivity index (χ1n) is 9.20. The van der Waals surface area contributed by atoms with E-state index in [0.29, 0.717) is 0 Å². The van der Waals surface area contributed by atoms with Crippen LogP contribution in [0, 0.1) is 25.3 Å². The average Bonchev–Trinajstić information content (AvgIpc) is 2.65. The van der Waals surface area contributed by atoms with Gasteiger partial charge in [0, 0.05) is 0 Å². The van der Waals surface area contributed by atoms with E-state index in [1.807, 2.05) is 38.1 Å². The van der Waals surface area contributed by atoms with Crippen LogP contribution in [0.1, 0.15) is 16.7 Å². The molecule has 0 saturated heterocycles. The van der Waals surface area contributed by atoms with Crippen LogP contribution in [0.5, 0.6) is 23.0 Å². The maximum Gasteiger partial charge on any atom is 0.137 e. The Labute approximate surface area is 184 Å². The molecule has 29 heavy (non-hydrogen) atoms. The van der Waals surface area contributed by atoms with Gasteiger partial charge in [-0.15, -0.1) is 5.54 Å². The Hall–Kier alpha value is -2.10. The molecule has 0 spiro atoms. The van der Waals surface area contributed by atoms with Gasteiger partial charge in [-0.2, -0.15) is 0 Å². The van der Waals surface area contributed by atoms with Gasteiger partial charge in [0.05, 0.1) is 38.5 Å². The number of ether oxygens (including phenoxy) is 4. The molecule has 0 aliphatic rings. The van der Waals surface area contributed by atoms with E-state index in [1.165, 1.54) is 0 Å². The fraction of sp³-hybridized carbons (Fsp3) is 0.391. The van der Waals surface area contributed by atoms with Gasteiger partial charge >= 0.3 is 0 Å². The second-order valence-corrected chi connectivity index (χ2v) is 13.1. The number of benzene rings is 2. The first kappa shape index (κ1) is 24.9. The van der Waals surface area contributed by atoms with Crippen LogP contribution in [-0.2, 0) is 0 Å². The van der Waals surface area contributed by atoms with Crippen LogP contribution in [0.4, 0.5) is 0 Å². The van der Waals surface area contributed by atoms with E-state index < -0.39 is 8.07 Å². The lowest BCUT2D eigenvalue weighted by molar-refractivity contribution is 0.398.